The highest BCUT2D eigenvalue weighted by Crippen LogP contribution is 2.25. The van der Waals surface area contributed by atoms with E-state index >= 15 is 0 Å². The SMILES string of the molecule is COC(=O)[C@H](CCC(=O)O)NC(=O)CCCCCCC1CNc2nc(NC(=O)C(C)(C)C)[nH]c(=O)c2C1. The molecule has 206 valence electrons. The van der Waals surface area contributed by atoms with Gasteiger partial charge in [0.05, 0.1) is 12.7 Å². The van der Waals surface area contributed by atoms with Gasteiger partial charge in [0.1, 0.15) is 11.9 Å². The van der Waals surface area contributed by atoms with Crippen LogP contribution in [0.1, 0.15) is 77.7 Å². The number of hydrogen-bond acceptors (Lipinski definition) is 8. The molecule has 2 rings (SSSR count). The average Bonchev–Trinajstić information content (AvgIpc) is 2.82. The number of rotatable bonds is 13. The minimum absolute atomic E-state index is 0.0163. The van der Waals surface area contributed by atoms with Crippen LogP contribution in [-0.4, -0.2) is 58.5 Å². The fourth-order valence-electron chi connectivity index (χ4n) is 3.99. The van der Waals surface area contributed by atoms with Crippen molar-refractivity contribution < 1.29 is 29.0 Å². The standard InChI is InChI=1S/C25H39N5O7/c1-25(2,3)23(36)30-24-28-20-16(21(34)29-24)13-15(14-26-20)9-7-5-6-8-10-18(31)27-17(22(35)37-4)11-12-19(32)33/h15,17H,5-14H2,1-4H3,(H,27,31)(H,32,33)(H3,26,28,29,30,34,36)/t15?,17-/m0/s1. The predicted octanol–water partition coefficient (Wildman–Crippen LogP) is 2.20. The molecule has 0 aromatic carbocycles. The van der Waals surface area contributed by atoms with E-state index in [0.717, 1.165) is 25.7 Å². The van der Waals surface area contributed by atoms with Crippen molar-refractivity contribution in [2.45, 2.75) is 84.6 Å². The number of carbonyl (C=O) groups is 4. The summed E-state index contributed by atoms with van der Waals surface area (Å²) >= 11 is 0. The van der Waals surface area contributed by atoms with Crippen LogP contribution in [0.4, 0.5) is 11.8 Å². The lowest BCUT2D eigenvalue weighted by Gasteiger charge is -2.25. The molecular weight excluding hydrogens is 482 g/mol. The lowest BCUT2D eigenvalue weighted by atomic mass is 9.91. The van der Waals surface area contributed by atoms with Gasteiger partial charge in [-0.25, -0.2) is 4.79 Å². The van der Waals surface area contributed by atoms with Crippen LogP contribution in [0.2, 0.25) is 0 Å². The molecule has 2 heterocycles. The van der Waals surface area contributed by atoms with Crippen molar-refractivity contribution in [2.75, 3.05) is 24.3 Å². The number of esters is 1. The Hall–Kier alpha value is -3.44. The Kier molecular flexibility index (Phi) is 11.1. The first-order chi connectivity index (χ1) is 17.4. The van der Waals surface area contributed by atoms with Gasteiger partial charge in [-0.3, -0.25) is 29.5 Å². The van der Waals surface area contributed by atoms with Crippen molar-refractivity contribution in [3.8, 4) is 0 Å². The number of aliphatic carboxylic acids is 1. The summed E-state index contributed by atoms with van der Waals surface area (Å²) in [6.07, 6.45) is 4.85. The number of fused-ring (bicyclic) bond motifs is 1. The molecular formula is C25H39N5O7. The largest absolute Gasteiger partial charge is 0.481 e. The third-order valence-corrected chi connectivity index (χ3v) is 6.21. The molecule has 0 fully saturated rings. The highest BCUT2D eigenvalue weighted by Gasteiger charge is 2.26. The summed E-state index contributed by atoms with van der Waals surface area (Å²) in [5, 5.41) is 17.2. The Morgan fingerprint density at radius 3 is 2.49 bits per heavy atom. The molecule has 1 aliphatic rings. The molecule has 0 saturated heterocycles. The van der Waals surface area contributed by atoms with Crippen molar-refractivity contribution in [3.05, 3.63) is 15.9 Å². The van der Waals surface area contributed by atoms with Crippen molar-refractivity contribution >= 4 is 35.5 Å². The molecule has 37 heavy (non-hydrogen) atoms. The van der Waals surface area contributed by atoms with Crippen LogP contribution in [0.5, 0.6) is 0 Å². The maximum Gasteiger partial charge on any atom is 0.328 e. The van der Waals surface area contributed by atoms with Gasteiger partial charge in [-0.05, 0) is 31.6 Å². The number of methoxy groups -OCH3 is 1. The molecule has 0 spiro atoms. The molecule has 0 bridgehead atoms. The number of unbranched alkanes of at least 4 members (excludes halogenated alkanes) is 3. The zero-order chi connectivity index (χ0) is 27.6. The number of nitrogens with one attached hydrogen (secondary N) is 4. The number of nitrogens with zero attached hydrogens (tertiary/aromatic N) is 1. The lowest BCUT2D eigenvalue weighted by molar-refractivity contribution is -0.146. The van der Waals surface area contributed by atoms with Gasteiger partial charge in [0.25, 0.3) is 5.56 Å². The molecule has 0 radical (unpaired) electrons. The normalized spacial score (nSPS) is 15.6. The van der Waals surface area contributed by atoms with E-state index in [9.17, 15) is 24.0 Å². The Bertz CT molecular complexity index is 1030. The second kappa shape index (κ2) is 13.8. The third kappa shape index (κ3) is 9.85. The van der Waals surface area contributed by atoms with E-state index in [0.29, 0.717) is 30.8 Å². The molecule has 1 aliphatic heterocycles. The topological polar surface area (TPSA) is 180 Å². The number of carboxylic acids is 1. The smallest absolute Gasteiger partial charge is 0.328 e. The first-order valence-corrected chi connectivity index (χ1v) is 12.7. The monoisotopic (exact) mass is 521 g/mol. The van der Waals surface area contributed by atoms with E-state index in [1.807, 2.05) is 0 Å². The molecule has 1 aromatic rings. The number of carboxylic acid groups (broad SMARTS) is 1. The maximum atomic E-state index is 12.6. The van der Waals surface area contributed by atoms with E-state index < -0.39 is 23.4 Å². The van der Waals surface area contributed by atoms with Crippen molar-refractivity contribution in [2.24, 2.45) is 11.3 Å². The molecule has 1 unspecified atom stereocenters. The molecule has 1 aromatic heterocycles. The summed E-state index contributed by atoms with van der Waals surface area (Å²) < 4.78 is 4.63. The summed E-state index contributed by atoms with van der Waals surface area (Å²) in [6.45, 7) is 6.02. The minimum atomic E-state index is -1.05. The molecule has 5 N–H and O–H groups in total. The Morgan fingerprint density at radius 1 is 1.14 bits per heavy atom. The number of carbonyl (C=O) groups excluding carboxylic acids is 3. The van der Waals surface area contributed by atoms with Gasteiger partial charge in [-0.1, -0.05) is 40.0 Å². The summed E-state index contributed by atoms with van der Waals surface area (Å²) in [5.74, 6) is -1.32. The molecule has 2 atom stereocenters. The van der Waals surface area contributed by atoms with Crippen LogP contribution in [0.3, 0.4) is 0 Å². The van der Waals surface area contributed by atoms with Crippen LogP contribution >= 0.6 is 0 Å². The van der Waals surface area contributed by atoms with Crippen molar-refractivity contribution in [1.29, 1.82) is 0 Å². The third-order valence-electron chi connectivity index (χ3n) is 6.21. The number of anilines is 2. The molecule has 12 heteroatoms. The quantitative estimate of drug-likeness (QED) is 0.192. The lowest BCUT2D eigenvalue weighted by Crippen LogP contribution is -2.41. The number of H-pyrrole nitrogens is 1. The Labute approximate surface area is 216 Å². The summed E-state index contributed by atoms with van der Waals surface area (Å²) in [5.41, 5.74) is -0.278. The van der Waals surface area contributed by atoms with E-state index in [2.05, 4.69) is 30.7 Å². The fourth-order valence-corrected chi connectivity index (χ4v) is 3.99. The van der Waals surface area contributed by atoms with Gasteiger partial charge in [0, 0.05) is 24.8 Å². The Balaban J connectivity index is 1.71. The highest BCUT2D eigenvalue weighted by molar-refractivity contribution is 5.93. The van der Waals surface area contributed by atoms with E-state index in [1.54, 1.807) is 20.8 Å². The van der Waals surface area contributed by atoms with Crippen LogP contribution in [0.25, 0.3) is 0 Å². The van der Waals surface area contributed by atoms with Gasteiger partial charge in [0.15, 0.2) is 0 Å². The molecule has 2 amide bonds. The molecule has 0 saturated carbocycles. The first-order valence-electron chi connectivity index (χ1n) is 12.7. The van der Waals surface area contributed by atoms with Crippen LogP contribution in [0.15, 0.2) is 4.79 Å². The summed E-state index contributed by atoms with van der Waals surface area (Å²) in [6, 6.07) is -0.959. The minimum Gasteiger partial charge on any atom is -0.481 e. The van der Waals surface area contributed by atoms with Gasteiger partial charge < -0.3 is 20.5 Å². The van der Waals surface area contributed by atoms with E-state index in [4.69, 9.17) is 5.11 Å². The second-order valence-electron chi connectivity index (χ2n) is 10.4. The van der Waals surface area contributed by atoms with Gasteiger partial charge in [0.2, 0.25) is 17.8 Å². The number of aromatic nitrogens is 2. The Morgan fingerprint density at radius 2 is 1.84 bits per heavy atom. The van der Waals surface area contributed by atoms with Gasteiger partial charge in [-0.15, -0.1) is 0 Å². The maximum absolute atomic E-state index is 12.6. The number of amides is 2. The van der Waals surface area contributed by atoms with E-state index in [1.165, 1.54) is 7.11 Å². The zero-order valence-corrected chi connectivity index (χ0v) is 22.1. The van der Waals surface area contributed by atoms with Crippen molar-refractivity contribution in [3.63, 3.8) is 0 Å². The number of hydrogen-bond donors (Lipinski definition) is 5. The van der Waals surface area contributed by atoms with Crippen LogP contribution in [-0.2, 0) is 30.3 Å². The summed E-state index contributed by atoms with van der Waals surface area (Å²) in [7, 11) is 1.19. The molecule has 0 aliphatic carbocycles. The highest BCUT2D eigenvalue weighted by atomic mass is 16.5. The zero-order valence-electron chi connectivity index (χ0n) is 22.1. The predicted molar refractivity (Wildman–Crippen MR) is 137 cm³/mol. The fraction of sp³-hybridized carbons (Fsp3) is 0.680. The first kappa shape index (κ1) is 29.8. The molecule has 12 nitrogen and oxygen atoms in total. The van der Waals surface area contributed by atoms with Crippen molar-refractivity contribution in [1.82, 2.24) is 15.3 Å². The van der Waals surface area contributed by atoms with E-state index in [-0.39, 0.29) is 48.5 Å². The second-order valence-corrected chi connectivity index (χ2v) is 10.4. The van der Waals surface area contributed by atoms with Crippen LogP contribution < -0.4 is 21.5 Å². The average molecular weight is 522 g/mol. The number of aromatic amines is 1. The number of ether oxygens (including phenoxy) is 1. The van der Waals surface area contributed by atoms with Crippen LogP contribution in [0, 0.1) is 11.3 Å². The van der Waals surface area contributed by atoms with Gasteiger partial charge in [-0.2, -0.15) is 4.98 Å². The van der Waals surface area contributed by atoms with Gasteiger partial charge >= 0.3 is 11.9 Å². The summed E-state index contributed by atoms with van der Waals surface area (Å²) in [4.78, 5) is 66.4.